The van der Waals surface area contributed by atoms with Crippen LogP contribution < -0.4 is 5.32 Å². The highest BCUT2D eigenvalue weighted by molar-refractivity contribution is 5.80. The molecule has 0 saturated heterocycles. The largest absolute Gasteiger partial charge is 0.379 e. The van der Waals surface area contributed by atoms with Gasteiger partial charge in [0.25, 0.3) is 0 Å². The van der Waals surface area contributed by atoms with Crippen LogP contribution in [0.25, 0.3) is 0 Å². The Balaban J connectivity index is 2.48. The second-order valence-electron chi connectivity index (χ2n) is 5.09. The van der Waals surface area contributed by atoms with Crippen LogP contribution in [-0.2, 0) is 14.3 Å². The topological polar surface area (TPSA) is 47.6 Å². The highest BCUT2D eigenvalue weighted by Gasteiger charge is 2.18. The van der Waals surface area contributed by atoms with E-state index in [9.17, 15) is 4.79 Å². The predicted octanol–water partition coefficient (Wildman–Crippen LogP) is 3.00. The lowest BCUT2D eigenvalue weighted by molar-refractivity contribution is -0.133. The highest BCUT2D eigenvalue weighted by Crippen LogP contribution is 2.17. The summed E-state index contributed by atoms with van der Waals surface area (Å²) in [6.07, 6.45) is 0.380. The van der Waals surface area contributed by atoms with Crippen LogP contribution in [0.2, 0.25) is 0 Å². The SMILES string of the molecule is CCOCCO[C@@H](C)C(=O)N[C@H](CC)c1ccc(C)cc1. The van der Waals surface area contributed by atoms with Crippen molar-refractivity contribution < 1.29 is 14.3 Å². The Labute approximate surface area is 127 Å². The van der Waals surface area contributed by atoms with Crippen molar-refractivity contribution in [2.75, 3.05) is 19.8 Å². The van der Waals surface area contributed by atoms with Gasteiger partial charge in [-0.05, 0) is 32.8 Å². The molecule has 2 atom stereocenters. The molecule has 118 valence electrons. The zero-order valence-electron chi connectivity index (χ0n) is 13.5. The maximum Gasteiger partial charge on any atom is 0.249 e. The number of aryl methyl sites for hydroxylation is 1. The highest BCUT2D eigenvalue weighted by atomic mass is 16.5. The van der Waals surface area contributed by atoms with E-state index < -0.39 is 6.10 Å². The summed E-state index contributed by atoms with van der Waals surface area (Å²) in [7, 11) is 0. The van der Waals surface area contributed by atoms with Crippen molar-refractivity contribution in [1.82, 2.24) is 5.32 Å². The minimum absolute atomic E-state index is 0.0241. The van der Waals surface area contributed by atoms with Crippen LogP contribution in [0.4, 0.5) is 0 Å². The van der Waals surface area contributed by atoms with Crippen molar-refractivity contribution in [3.8, 4) is 0 Å². The smallest absolute Gasteiger partial charge is 0.249 e. The Kier molecular flexibility index (Phi) is 8.01. The van der Waals surface area contributed by atoms with E-state index in [1.807, 2.05) is 6.92 Å². The molecule has 0 aliphatic carbocycles. The Morgan fingerprint density at radius 2 is 1.86 bits per heavy atom. The average molecular weight is 293 g/mol. The van der Waals surface area contributed by atoms with Gasteiger partial charge in [-0.3, -0.25) is 4.79 Å². The molecule has 4 nitrogen and oxygen atoms in total. The van der Waals surface area contributed by atoms with Gasteiger partial charge in [0.15, 0.2) is 0 Å². The third kappa shape index (κ3) is 6.27. The standard InChI is InChI=1S/C17H27NO3/c1-5-16(15-9-7-13(3)8-10-15)18-17(19)14(4)21-12-11-20-6-2/h7-10,14,16H,5-6,11-12H2,1-4H3,(H,18,19)/t14-,16+/m0/s1. The molecule has 0 bridgehead atoms. The number of benzene rings is 1. The minimum atomic E-state index is -0.468. The number of ether oxygens (including phenoxy) is 2. The van der Waals surface area contributed by atoms with Crippen LogP contribution in [-0.4, -0.2) is 31.8 Å². The van der Waals surface area contributed by atoms with Gasteiger partial charge in [-0.2, -0.15) is 0 Å². The summed E-state index contributed by atoms with van der Waals surface area (Å²) in [6.45, 7) is 9.43. The first-order valence-corrected chi connectivity index (χ1v) is 7.64. The van der Waals surface area contributed by atoms with Crippen molar-refractivity contribution in [3.05, 3.63) is 35.4 Å². The quantitative estimate of drug-likeness (QED) is 0.712. The number of carbonyl (C=O) groups excluding carboxylic acids is 1. The summed E-state index contributed by atoms with van der Waals surface area (Å²) in [6, 6.07) is 8.27. The van der Waals surface area contributed by atoms with Gasteiger partial charge in [0.2, 0.25) is 5.91 Å². The van der Waals surface area contributed by atoms with Crippen LogP contribution in [0.15, 0.2) is 24.3 Å². The van der Waals surface area contributed by atoms with Gasteiger partial charge < -0.3 is 14.8 Å². The van der Waals surface area contributed by atoms with Crippen LogP contribution >= 0.6 is 0 Å². The maximum absolute atomic E-state index is 12.1. The van der Waals surface area contributed by atoms with E-state index in [4.69, 9.17) is 9.47 Å². The first-order valence-electron chi connectivity index (χ1n) is 7.64. The molecule has 1 rings (SSSR count). The van der Waals surface area contributed by atoms with E-state index in [2.05, 4.69) is 43.4 Å². The van der Waals surface area contributed by atoms with Crippen molar-refractivity contribution in [1.29, 1.82) is 0 Å². The van der Waals surface area contributed by atoms with E-state index in [1.165, 1.54) is 5.56 Å². The normalized spacial score (nSPS) is 13.7. The molecule has 0 aliphatic rings. The maximum atomic E-state index is 12.1. The molecule has 4 heteroatoms. The first-order chi connectivity index (χ1) is 10.1. The first kappa shape index (κ1) is 17.7. The summed E-state index contributed by atoms with van der Waals surface area (Å²) in [5, 5.41) is 3.04. The Hall–Kier alpha value is -1.39. The second kappa shape index (κ2) is 9.53. The minimum Gasteiger partial charge on any atom is -0.379 e. The van der Waals surface area contributed by atoms with Gasteiger partial charge >= 0.3 is 0 Å². The fraction of sp³-hybridized carbons (Fsp3) is 0.588. The molecule has 0 fully saturated rings. The predicted molar refractivity (Wildman–Crippen MR) is 84.3 cm³/mol. The van der Waals surface area contributed by atoms with Gasteiger partial charge in [0.05, 0.1) is 19.3 Å². The second-order valence-corrected chi connectivity index (χ2v) is 5.09. The van der Waals surface area contributed by atoms with Crippen molar-refractivity contribution in [2.24, 2.45) is 0 Å². The number of amides is 1. The van der Waals surface area contributed by atoms with E-state index >= 15 is 0 Å². The Morgan fingerprint density at radius 1 is 1.19 bits per heavy atom. The molecule has 1 aromatic rings. The van der Waals surface area contributed by atoms with Gasteiger partial charge in [0.1, 0.15) is 6.10 Å². The Morgan fingerprint density at radius 3 is 2.43 bits per heavy atom. The van der Waals surface area contributed by atoms with Gasteiger partial charge in [-0.25, -0.2) is 0 Å². The van der Waals surface area contributed by atoms with Crippen LogP contribution in [0.3, 0.4) is 0 Å². The summed E-state index contributed by atoms with van der Waals surface area (Å²) >= 11 is 0. The molecular weight excluding hydrogens is 266 g/mol. The number of rotatable bonds is 9. The molecule has 0 unspecified atom stereocenters. The van der Waals surface area contributed by atoms with Gasteiger partial charge in [-0.1, -0.05) is 36.8 Å². The lowest BCUT2D eigenvalue weighted by Crippen LogP contribution is -2.37. The number of nitrogens with one attached hydrogen (secondary N) is 1. The van der Waals surface area contributed by atoms with Gasteiger partial charge in [0, 0.05) is 6.61 Å². The molecule has 0 radical (unpaired) electrons. The molecule has 0 aromatic heterocycles. The zero-order chi connectivity index (χ0) is 15.7. The van der Waals surface area contributed by atoms with E-state index in [0.29, 0.717) is 19.8 Å². The average Bonchev–Trinajstić information content (AvgIpc) is 2.49. The number of hydrogen-bond acceptors (Lipinski definition) is 3. The van der Waals surface area contributed by atoms with E-state index in [-0.39, 0.29) is 11.9 Å². The van der Waals surface area contributed by atoms with E-state index in [1.54, 1.807) is 6.92 Å². The molecule has 1 N–H and O–H groups in total. The summed E-state index contributed by atoms with van der Waals surface area (Å²) in [5.41, 5.74) is 2.34. The Bertz CT molecular complexity index is 417. The third-order valence-corrected chi connectivity index (χ3v) is 3.37. The lowest BCUT2D eigenvalue weighted by atomic mass is 10.0. The van der Waals surface area contributed by atoms with Crippen molar-refractivity contribution in [3.63, 3.8) is 0 Å². The summed E-state index contributed by atoms with van der Waals surface area (Å²) in [4.78, 5) is 12.1. The summed E-state index contributed by atoms with van der Waals surface area (Å²) in [5.74, 6) is -0.0843. The van der Waals surface area contributed by atoms with Crippen molar-refractivity contribution >= 4 is 5.91 Å². The molecule has 1 amide bonds. The fourth-order valence-corrected chi connectivity index (χ4v) is 2.01. The monoisotopic (exact) mass is 293 g/mol. The zero-order valence-corrected chi connectivity index (χ0v) is 13.5. The lowest BCUT2D eigenvalue weighted by Gasteiger charge is -2.20. The molecule has 0 spiro atoms. The van der Waals surface area contributed by atoms with E-state index in [0.717, 1.165) is 12.0 Å². The summed E-state index contributed by atoms with van der Waals surface area (Å²) < 4.78 is 10.7. The number of hydrogen-bond donors (Lipinski definition) is 1. The molecule has 0 saturated carbocycles. The number of carbonyl (C=O) groups is 1. The molecule has 0 aliphatic heterocycles. The van der Waals surface area contributed by atoms with Crippen LogP contribution in [0.5, 0.6) is 0 Å². The van der Waals surface area contributed by atoms with Gasteiger partial charge in [-0.15, -0.1) is 0 Å². The fourth-order valence-electron chi connectivity index (χ4n) is 2.01. The molecule has 1 aromatic carbocycles. The molecule has 21 heavy (non-hydrogen) atoms. The molecular formula is C17H27NO3. The molecule has 0 heterocycles. The third-order valence-electron chi connectivity index (χ3n) is 3.37. The van der Waals surface area contributed by atoms with Crippen LogP contribution in [0.1, 0.15) is 44.4 Å². The van der Waals surface area contributed by atoms with Crippen LogP contribution in [0, 0.1) is 6.92 Å². The van der Waals surface area contributed by atoms with Crippen molar-refractivity contribution in [2.45, 2.75) is 46.3 Å².